The fourth-order valence-electron chi connectivity index (χ4n) is 1.60. The molecule has 0 bridgehead atoms. The zero-order valence-corrected chi connectivity index (χ0v) is 12.8. The Bertz CT molecular complexity index is 683. The average Bonchev–Trinajstić information content (AvgIpc) is 2.75. The van der Waals surface area contributed by atoms with Gasteiger partial charge in [0.1, 0.15) is 5.15 Å². The Labute approximate surface area is 121 Å². The number of aromatic nitrogens is 1. The second-order valence-electron chi connectivity index (χ2n) is 4.11. The minimum atomic E-state index is -3.59. The van der Waals surface area contributed by atoms with Gasteiger partial charge in [-0.1, -0.05) is 11.6 Å². The zero-order chi connectivity index (χ0) is 14.0. The largest absolute Gasteiger partial charge is 0.244 e. The van der Waals surface area contributed by atoms with Crippen molar-refractivity contribution in [2.75, 3.05) is 0 Å². The summed E-state index contributed by atoms with van der Waals surface area (Å²) in [6.07, 6.45) is 1.37. The molecule has 0 aliphatic carbocycles. The minimum absolute atomic E-state index is 0.118. The van der Waals surface area contributed by atoms with Crippen LogP contribution in [0.5, 0.6) is 0 Å². The Morgan fingerprint density at radius 2 is 2.11 bits per heavy atom. The lowest BCUT2D eigenvalue weighted by Crippen LogP contribution is -2.26. The Morgan fingerprint density at radius 3 is 2.68 bits per heavy atom. The van der Waals surface area contributed by atoms with E-state index in [0.29, 0.717) is 0 Å². The first-order valence-electron chi connectivity index (χ1n) is 5.59. The van der Waals surface area contributed by atoms with Gasteiger partial charge in [-0.3, -0.25) is 0 Å². The van der Waals surface area contributed by atoms with Crippen LogP contribution < -0.4 is 4.72 Å². The molecule has 2 aromatic rings. The smallest absolute Gasteiger partial charge is 0.241 e. The number of sulfonamides is 1. The molecule has 2 heterocycles. The van der Waals surface area contributed by atoms with Crippen LogP contribution in [-0.4, -0.2) is 13.4 Å². The van der Waals surface area contributed by atoms with E-state index in [2.05, 4.69) is 9.71 Å². The summed E-state index contributed by atoms with van der Waals surface area (Å²) >= 11 is 7.28. The summed E-state index contributed by atoms with van der Waals surface area (Å²) in [7, 11) is -3.59. The van der Waals surface area contributed by atoms with Crippen molar-refractivity contribution in [1.82, 2.24) is 9.71 Å². The summed E-state index contributed by atoms with van der Waals surface area (Å²) < 4.78 is 27.0. The van der Waals surface area contributed by atoms with Gasteiger partial charge in [0.15, 0.2) is 0 Å². The summed E-state index contributed by atoms with van der Waals surface area (Å²) in [5.41, 5.74) is 0. The van der Waals surface area contributed by atoms with E-state index >= 15 is 0 Å². The van der Waals surface area contributed by atoms with E-state index in [9.17, 15) is 8.42 Å². The summed E-state index contributed by atoms with van der Waals surface area (Å²) in [4.78, 5) is 6.01. The standard InChI is InChI=1S/C12H13ClN2O2S2/c1-8-3-4-11(18-8)9(2)15-19(16,17)10-5-6-14-12(13)7-10/h3-7,9,15H,1-2H3. The highest BCUT2D eigenvalue weighted by Gasteiger charge is 2.19. The summed E-state index contributed by atoms with van der Waals surface area (Å²) in [5, 5.41) is 0.155. The quantitative estimate of drug-likeness (QED) is 0.882. The van der Waals surface area contributed by atoms with Crippen molar-refractivity contribution in [1.29, 1.82) is 0 Å². The third kappa shape index (κ3) is 3.54. The molecule has 0 fully saturated rings. The zero-order valence-electron chi connectivity index (χ0n) is 10.4. The molecule has 0 saturated heterocycles. The van der Waals surface area contributed by atoms with Crippen molar-refractivity contribution < 1.29 is 8.42 Å². The maximum atomic E-state index is 12.2. The van der Waals surface area contributed by atoms with Gasteiger partial charge in [-0.25, -0.2) is 18.1 Å². The van der Waals surface area contributed by atoms with Crippen LogP contribution in [0, 0.1) is 6.92 Å². The van der Waals surface area contributed by atoms with Crippen molar-refractivity contribution in [3.63, 3.8) is 0 Å². The van der Waals surface area contributed by atoms with Gasteiger partial charge in [0.2, 0.25) is 10.0 Å². The first-order chi connectivity index (χ1) is 8.88. The van der Waals surface area contributed by atoms with Gasteiger partial charge in [-0.2, -0.15) is 0 Å². The van der Waals surface area contributed by atoms with Crippen LogP contribution in [0.15, 0.2) is 35.4 Å². The van der Waals surface area contributed by atoms with Gasteiger partial charge in [0.05, 0.1) is 10.9 Å². The molecule has 102 valence electrons. The number of thiophene rings is 1. The molecule has 0 saturated carbocycles. The lowest BCUT2D eigenvalue weighted by Gasteiger charge is -2.12. The van der Waals surface area contributed by atoms with Crippen LogP contribution in [0.2, 0.25) is 5.15 Å². The molecule has 0 aliphatic rings. The molecule has 2 rings (SSSR count). The highest BCUT2D eigenvalue weighted by Crippen LogP contribution is 2.24. The summed E-state index contributed by atoms with van der Waals surface area (Å²) in [6, 6.07) is 6.35. The fraction of sp³-hybridized carbons (Fsp3) is 0.250. The first kappa shape index (κ1) is 14.5. The Balaban J connectivity index is 2.22. The molecule has 1 N–H and O–H groups in total. The van der Waals surface area contributed by atoms with Crippen molar-refractivity contribution >= 4 is 33.0 Å². The number of hydrogen-bond donors (Lipinski definition) is 1. The SMILES string of the molecule is Cc1ccc(C(C)NS(=O)(=O)c2ccnc(Cl)c2)s1. The van der Waals surface area contributed by atoms with Gasteiger partial charge in [0.25, 0.3) is 0 Å². The maximum Gasteiger partial charge on any atom is 0.241 e. The van der Waals surface area contributed by atoms with Crippen LogP contribution in [0.3, 0.4) is 0 Å². The Morgan fingerprint density at radius 1 is 1.37 bits per heavy atom. The van der Waals surface area contributed by atoms with E-state index < -0.39 is 10.0 Å². The summed E-state index contributed by atoms with van der Waals surface area (Å²) in [5.74, 6) is 0. The number of rotatable bonds is 4. The molecule has 7 heteroatoms. The van der Waals surface area contributed by atoms with E-state index in [-0.39, 0.29) is 16.1 Å². The second kappa shape index (κ2) is 5.58. The predicted molar refractivity (Wildman–Crippen MR) is 77.0 cm³/mol. The first-order valence-corrected chi connectivity index (χ1v) is 8.26. The van der Waals surface area contributed by atoms with Crippen LogP contribution in [0.1, 0.15) is 22.7 Å². The minimum Gasteiger partial charge on any atom is -0.244 e. The number of pyridine rings is 1. The van der Waals surface area contributed by atoms with E-state index in [0.717, 1.165) is 9.75 Å². The molecular formula is C12H13ClN2O2S2. The van der Waals surface area contributed by atoms with Crippen LogP contribution in [0.4, 0.5) is 0 Å². The Kier molecular flexibility index (Phi) is 4.25. The molecular weight excluding hydrogens is 304 g/mol. The van der Waals surface area contributed by atoms with Crippen molar-refractivity contribution in [2.45, 2.75) is 24.8 Å². The van der Waals surface area contributed by atoms with E-state index in [4.69, 9.17) is 11.6 Å². The third-order valence-electron chi connectivity index (χ3n) is 2.53. The monoisotopic (exact) mass is 316 g/mol. The topological polar surface area (TPSA) is 59.1 Å². The molecule has 1 atom stereocenters. The van der Waals surface area contributed by atoms with Crippen LogP contribution >= 0.6 is 22.9 Å². The lowest BCUT2D eigenvalue weighted by molar-refractivity contribution is 0.568. The second-order valence-corrected chi connectivity index (χ2v) is 7.53. The molecule has 0 amide bonds. The molecule has 4 nitrogen and oxygen atoms in total. The molecule has 0 aliphatic heterocycles. The van der Waals surface area contributed by atoms with Gasteiger partial charge < -0.3 is 0 Å². The lowest BCUT2D eigenvalue weighted by atomic mass is 10.3. The number of nitrogens with one attached hydrogen (secondary N) is 1. The molecule has 2 aromatic heterocycles. The Hall–Kier alpha value is -0.950. The molecule has 0 aromatic carbocycles. The highest BCUT2D eigenvalue weighted by molar-refractivity contribution is 7.89. The van der Waals surface area contributed by atoms with Gasteiger partial charge in [-0.05, 0) is 38.1 Å². The number of nitrogens with zero attached hydrogens (tertiary/aromatic N) is 1. The van der Waals surface area contributed by atoms with Gasteiger partial charge >= 0.3 is 0 Å². The fourth-order valence-corrected chi connectivity index (χ4v) is 4.02. The van der Waals surface area contributed by atoms with Crippen LogP contribution in [-0.2, 0) is 10.0 Å². The van der Waals surface area contributed by atoms with Crippen LogP contribution in [0.25, 0.3) is 0 Å². The number of aryl methyl sites for hydroxylation is 1. The third-order valence-corrected chi connectivity index (χ3v) is 5.46. The van der Waals surface area contributed by atoms with Crippen molar-refractivity contribution in [3.05, 3.63) is 45.4 Å². The molecule has 0 radical (unpaired) electrons. The van der Waals surface area contributed by atoms with E-state index in [1.165, 1.54) is 18.3 Å². The number of halogens is 1. The maximum absolute atomic E-state index is 12.2. The van der Waals surface area contributed by atoms with Gasteiger partial charge in [0, 0.05) is 16.0 Å². The highest BCUT2D eigenvalue weighted by atomic mass is 35.5. The normalized spacial score (nSPS) is 13.4. The van der Waals surface area contributed by atoms with Gasteiger partial charge in [-0.15, -0.1) is 11.3 Å². The molecule has 0 spiro atoms. The molecule has 1 unspecified atom stereocenters. The predicted octanol–water partition coefficient (Wildman–Crippen LogP) is 3.14. The van der Waals surface area contributed by atoms with E-state index in [1.54, 1.807) is 11.3 Å². The average molecular weight is 317 g/mol. The van der Waals surface area contributed by atoms with E-state index in [1.807, 2.05) is 26.0 Å². The van der Waals surface area contributed by atoms with Crippen molar-refractivity contribution in [3.8, 4) is 0 Å². The van der Waals surface area contributed by atoms with Crippen molar-refractivity contribution in [2.24, 2.45) is 0 Å². The summed E-state index contributed by atoms with van der Waals surface area (Å²) in [6.45, 7) is 3.80. The number of hydrogen-bond acceptors (Lipinski definition) is 4. The molecule has 19 heavy (non-hydrogen) atoms.